The summed E-state index contributed by atoms with van der Waals surface area (Å²) in [6.45, 7) is 5.20. The number of nitrogens with one attached hydrogen (secondary N) is 3. The minimum absolute atomic E-state index is 0.219. The molecule has 0 unspecified atom stereocenters. The van der Waals surface area contributed by atoms with Crippen LogP contribution in [0.1, 0.15) is 37.9 Å². The highest BCUT2D eigenvalue weighted by atomic mass is 16.6. The lowest BCUT2D eigenvalue weighted by Gasteiger charge is -2.25. The summed E-state index contributed by atoms with van der Waals surface area (Å²) >= 11 is 0. The Morgan fingerprint density at radius 3 is 2.30 bits per heavy atom. The zero-order valence-corrected chi connectivity index (χ0v) is 19.2. The van der Waals surface area contributed by atoms with Crippen molar-refractivity contribution in [1.29, 1.82) is 0 Å². The molecule has 0 fully saturated rings. The third-order valence-corrected chi connectivity index (χ3v) is 4.96. The number of ether oxygens (including phenoxy) is 2. The second-order valence-electron chi connectivity index (χ2n) is 8.64. The number of aromatic amines is 1. The lowest BCUT2D eigenvalue weighted by atomic mass is 10.0. The van der Waals surface area contributed by atoms with E-state index in [1.165, 1.54) is 7.11 Å². The van der Waals surface area contributed by atoms with Crippen LogP contribution in [0.2, 0.25) is 0 Å². The van der Waals surface area contributed by atoms with Gasteiger partial charge in [0.2, 0.25) is 5.91 Å². The van der Waals surface area contributed by atoms with E-state index in [4.69, 9.17) is 9.47 Å². The largest absolute Gasteiger partial charge is 0.467 e. The first kappa shape index (κ1) is 23.8. The van der Waals surface area contributed by atoms with Crippen LogP contribution in [0.15, 0.2) is 60.8 Å². The van der Waals surface area contributed by atoms with E-state index in [9.17, 15) is 14.4 Å². The van der Waals surface area contributed by atoms with Crippen molar-refractivity contribution in [2.75, 3.05) is 7.11 Å². The average Bonchev–Trinajstić information content (AvgIpc) is 3.18. The molecule has 0 aliphatic heterocycles. The van der Waals surface area contributed by atoms with Crippen LogP contribution in [0.3, 0.4) is 0 Å². The van der Waals surface area contributed by atoms with Gasteiger partial charge in [0.25, 0.3) is 0 Å². The first-order valence-corrected chi connectivity index (χ1v) is 10.7. The van der Waals surface area contributed by atoms with Gasteiger partial charge in [0.15, 0.2) is 0 Å². The predicted octanol–water partition coefficient (Wildman–Crippen LogP) is 3.63. The van der Waals surface area contributed by atoms with Gasteiger partial charge in [-0.3, -0.25) is 4.79 Å². The lowest BCUT2D eigenvalue weighted by molar-refractivity contribution is -0.145. The number of alkyl carbamates (subject to hydrolysis) is 1. The SMILES string of the molecule is COC(=O)[C@H](Cc1c[nH]c2ccccc12)NC(=O)[C@@H](NC(=O)OC(C)(C)C)c1ccccc1. The molecule has 3 rings (SSSR count). The summed E-state index contributed by atoms with van der Waals surface area (Å²) in [5.41, 5.74) is 1.61. The van der Waals surface area contributed by atoms with Crippen molar-refractivity contribution in [1.82, 2.24) is 15.6 Å². The van der Waals surface area contributed by atoms with Crippen molar-refractivity contribution in [3.63, 3.8) is 0 Å². The third kappa shape index (κ3) is 6.35. The van der Waals surface area contributed by atoms with Gasteiger partial charge in [-0.2, -0.15) is 0 Å². The first-order valence-electron chi connectivity index (χ1n) is 10.7. The Hall–Kier alpha value is -3.81. The molecular formula is C25H29N3O5. The van der Waals surface area contributed by atoms with Gasteiger partial charge in [0.1, 0.15) is 17.7 Å². The fourth-order valence-corrected chi connectivity index (χ4v) is 3.48. The number of aromatic nitrogens is 1. The van der Waals surface area contributed by atoms with Gasteiger partial charge < -0.3 is 25.1 Å². The highest BCUT2D eigenvalue weighted by Crippen LogP contribution is 2.20. The number of rotatable bonds is 7. The van der Waals surface area contributed by atoms with E-state index < -0.39 is 35.7 Å². The van der Waals surface area contributed by atoms with Crippen LogP contribution in [0, 0.1) is 0 Å². The van der Waals surface area contributed by atoms with Crippen LogP contribution in [0.5, 0.6) is 0 Å². The zero-order chi connectivity index (χ0) is 24.0. The van der Waals surface area contributed by atoms with Crippen molar-refractivity contribution < 1.29 is 23.9 Å². The third-order valence-electron chi connectivity index (χ3n) is 4.96. The summed E-state index contributed by atoms with van der Waals surface area (Å²) in [6.07, 6.45) is 1.29. The van der Waals surface area contributed by atoms with Gasteiger partial charge in [-0.25, -0.2) is 9.59 Å². The van der Waals surface area contributed by atoms with Gasteiger partial charge in [-0.05, 0) is 38.0 Å². The molecule has 0 spiro atoms. The van der Waals surface area contributed by atoms with Crippen molar-refractivity contribution in [2.24, 2.45) is 0 Å². The molecule has 1 aromatic heterocycles. The van der Waals surface area contributed by atoms with E-state index in [0.29, 0.717) is 5.56 Å². The lowest BCUT2D eigenvalue weighted by Crippen LogP contribution is -2.49. The number of methoxy groups -OCH3 is 1. The molecule has 2 aromatic carbocycles. The molecule has 8 nitrogen and oxygen atoms in total. The summed E-state index contributed by atoms with van der Waals surface area (Å²) in [5.74, 6) is -1.14. The summed E-state index contributed by atoms with van der Waals surface area (Å²) in [4.78, 5) is 41.4. The van der Waals surface area contributed by atoms with Gasteiger partial charge in [-0.1, -0.05) is 48.5 Å². The van der Waals surface area contributed by atoms with Crippen LogP contribution >= 0.6 is 0 Å². The van der Waals surface area contributed by atoms with Gasteiger partial charge in [-0.15, -0.1) is 0 Å². The van der Waals surface area contributed by atoms with Crippen LogP contribution in [-0.2, 0) is 25.5 Å². The normalized spacial score (nSPS) is 13.1. The van der Waals surface area contributed by atoms with E-state index in [0.717, 1.165) is 16.5 Å². The van der Waals surface area contributed by atoms with Crippen LogP contribution in [0.25, 0.3) is 10.9 Å². The summed E-state index contributed by atoms with van der Waals surface area (Å²) in [7, 11) is 1.27. The highest BCUT2D eigenvalue weighted by molar-refractivity contribution is 5.91. The molecule has 0 bridgehead atoms. The molecule has 8 heteroatoms. The topological polar surface area (TPSA) is 110 Å². The molecule has 2 atom stereocenters. The molecule has 0 radical (unpaired) electrons. The number of para-hydroxylation sites is 1. The minimum atomic E-state index is -1.06. The van der Waals surface area contributed by atoms with Crippen LogP contribution < -0.4 is 10.6 Å². The van der Waals surface area contributed by atoms with Crippen LogP contribution in [-0.4, -0.2) is 41.7 Å². The van der Waals surface area contributed by atoms with Crippen molar-refractivity contribution >= 4 is 28.9 Å². The number of hydrogen-bond acceptors (Lipinski definition) is 5. The zero-order valence-electron chi connectivity index (χ0n) is 19.2. The molecule has 0 aliphatic rings. The summed E-state index contributed by atoms with van der Waals surface area (Å²) < 4.78 is 10.3. The Bertz CT molecular complexity index is 1120. The molecule has 3 aromatic rings. The molecule has 33 heavy (non-hydrogen) atoms. The maximum absolute atomic E-state index is 13.3. The number of fused-ring (bicyclic) bond motifs is 1. The second kappa shape index (κ2) is 10.2. The fourth-order valence-electron chi connectivity index (χ4n) is 3.48. The van der Waals surface area contributed by atoms with E-state index in [2.05, 4.69) is 15.6 Å². The van der Waals surface area contributed by atoms with Crippen LogP contribution in [0.4, 0.5) is 4.79 Å². The predicted molar refractivity (Wildman–Crippen MR) is 125 cm³/mol. The number of H-pyrrole nitrogens is 1. The number of carbonyl (C=O) groups excluding carboxylic acids is 3. The second-order valence-corrected chi connectivity index (χ2v) is 8.64. The first-order chi connectivity index (χ1) is 15.7. The molecule has 1 heterocycles. The van der Waals surface area contributed by atoms with E-state index in [1.54, 1.807) is 57.3 Å². The number of carbonyl (C=O) groups is 3. The van der Waals surface area contributed by atoms with Crippen molar-refractivity contribution in [2.45, 2.75) is 44.9 Å². The molecular weight excluding hydrogens is 422 g/mol. The Morgan fingerprint density at radius 1 is 0.970 bits per heavy atom. The molecule has 174 valence electrons. The van der Waals surface area contributed by atoms with Crippen molar-refractivity contribution in [3.05, 3.63) is 71.9 Å². The maximum atomic E-state index is 13.3. The molecule has 3 N–H and O–H groups in total. The highest BCUT2D eigenvalue weighted by Gasteiger charge is 2.30. The number of benzene rings is 2. The number of esters is 1. The van der Waals surface area contributed by atoms with E-state index in [1.807, 2.05) is 24.3 Å². The Balaban J connectivity index is 1.83. The maximum Gasteiger partial charge on any atom is 0.408 e. The number of hydrogen-bond donors (Lipinski definition) is 3. The number of amides is 2. The monoisotopic (exact) mass is 451 g/mol. The Kier molecular flexibility index (Phi) is 7.37. The molecule has 2 amide bonds. The summed E-state index contributed by atoms with van der Waals surface area (Å²) in [5, 5.41) is 6.30. The van der Waals surface area contributed by atoms with Gasteiger partial charge >= 0.3 is 12.1 Å². The minimum Gasteiger partial charge on any atom is -0.467 e. The van der Waals surface area contributed by atoms with E-state index in [-0.39, 0.29) is 6.42 Å². The quantitative estimate of drug-likeness (QED) is 0.475. The smallest absolute Gasteiger partial charge is 0.408 e. The molecule has 0 aliphatic carbocycles. The molecule has 0 saturated heterocycles. The summed E-state index contributed by atoms with van der Waals surface area (Å²) in [6, 6.07) is 14.4. The Morgan fingerprint density at radius 2 is 1.64 bits per heavy atom. The van der Waals surface area contributed by atoms with E-state index >= 15 is 0 Å². The van der Waals surface area contributed by atoms with Gasteiger partial charge in [0, 0.05) is 23.5 Å². The fraction of sp³-hybridized carbons (Fsp3) is 0.320. The molecule has 0 saturated carbocycles. The van der Waals surface area contributed by atoms with Gasteiger partial charge in [0.05, 0.1) is 7.11 Å². The van der Waals surface area contributed by atoms with Crippen molar-refractivity contribution in [3.8, 4) is 0 Å². The standard InChI is InChI=1S/C25H29N3O5/c1-25(2,3)33-24(31)28-21(16-10-6-5-7-11-16)22(29)27-20(23(30)32-4)14-17-15-26-19-13-9-8-12-18(17)19/h5-13,15,20-21,26H,14H2,1-4H3,(H,27,29)(H,28,31)/t20-,21-/m0/s1. The average molecular weight is 452 g/mol. The Labute approximate surface area is 192 Å².